The zero-order valence-electron chi connectivity index (χ0n) is 16.5. The van der Waals surface area contributed by atoms with Gasteiger partial charge in [0.15, 0.2) is 11.2 Å². The van der Waals surface area contributed by atoms with E-state index in [4.69, 9.17) is 21.1 Å². The van der Waals surface area contributed by atoms with E-state index in [0.717, 1.165) is 12.1 Å². The van der Waals surface area contributed by atoms with E-state index in [9.17, 15) is 9.59 Å². The Balaban J connectivity index is 1.97. The molecule has 154 valence electrons. The molecule has 0 unspecified atom stereocenters. The van der Waals surface area contributed by atoms with Gasteiger partial charge in [-0.25, -0.2) is 4.79 Å². The van der Waals surface area contributed by atoms with Crippen LogP contribution in [0.2, 0.25) is 5.02 Å². The van der Waals surface area contributed by atoms with Crippen LogP contribution in [0.4, 0.5) is 11.6 Å². The molecule has 9 nitrogen and oxygen atoms in total. The van der Waals surface area contributed by atoms with Crippen molar-refractivity contribution >= 4 is 34.4 Å². The molecule has 0 saturated carbocycles. The monoisotopic (exact) mass is 419 g/mol. The van der Waals surface area contributed by atoms with Crippen molar-refractivity contribution in [2.75, 3.05) is 32.3 Å². The highest BCUT2D eigenvalue weighted by Gasteiger charge is 2.28. The maximum atomic E-state index is 13.1. The van der Waals surface area contributed by atoms with E-state index in [1.807, 2.05) is 15.5 Å². The molecule has 0 saturated heterocycles. The smallest absolute Gasteiger partial charge is 0.332 e. The molecule has 0 radical (unpaired) electrons. The van der Waals surface area contributed by atoms with Gasteiger partial charge in [-0.1, -0.05) is 11.6 Å². The summed E-state index contributed by atoms with van der Waals surface area (Å²) in [7, 11) is 4.75. The van der Waals surface area contributed by atoms with Gasteiger partial charge in [-0.05, 0) is 24.6 Å². The molecule has 0 bridgehead atoms. The van der Waals surface area contributed by atoms with Crippen molar-refractivity contribution in [1.82, 2.24) is 18.7 Å². The van der Waals surface area contributed by atoms with Crippen LogP contribution in [0.1, 0.15) is 6.42 Å². The van der Waals surface area contributed by atoms with Gasteiger partial charge in [-0.15, -0.1) is 0 Å². The van der Waals surface area contributed by atoms with Crippen LogP contribution in [0.3, 0.4) is 0 Å². The molecule has 29 heavy (non-hydrogen) atoms. The summed E-state index contributed by atoms with van der Waals surface area (Å²) < 4.78 is 15.0. The highest BCUT2D eigenvalue weighted by Crippen LogP contribution is 2.38. The van der Waals surface area contributed by atoms with E-state index in [1.54, 1.807) is 26.3 Å². The summed E-state index contributed by atoms with van der Waals surface area (Å²) >= 11 is 6.22. The molecule has 1 aromatic carbocycles. The fraction of sp³-hybridized carbons (Fsp3) is 0.421. The topological polar surface area (TPSA) is 83.5 Å². The van der Waals surface area contributed by atoms with Crippen LogP contribution in [0, 0.1) is 0 Å². The van der Waals surface area contributed by atoms with Gasteiger partial charge in [0, 0.05) is 32.3 Å². The van der Waals surface area contributed by atoms with Crippen LogP contribution in [0.25, 0.3) is 11.2 Å². The third kappa shape index (κ3) is 3.10. The molecular weight excluding hydrogens is 398 g/mol. The van der Waals surface area contributed by atoms with Crippen LogP contribution < -0.4 is 20.9 Å². The lowest BCUT2D eigenvalue weighted by Crippen LogP contribution is -2.40. The Morgan fingerprint density at radius 2 is 2.00 bits per heavy atom. The molecule has 0 atom stereocenters. The zero-order valence-corrected chi connectivity index (χ0v) is 17.3. The van der Waals surface area contributed by atoms with Crippen LogP contribution in [-0.2, 0) is 24.9 Å². The van der Waals surface area contributed by atoms with Crippen LogP contribution >= 0.6 is 11.6 Å². The minimum Gasteiger partial charge on any atom is -0.495 e. The lowest BCUT2D eigenvalue weighted by Gasteiger charge is -2.30. The molecule has 4 rings (SSSR count). The number of fused-ring (bicyclic) bond motifs is 3. The maximum absolute atomic E-state index is 13.1. The van der Waals surface area contributed by atoms with Gasteiger partial charge in [-0.2, -0.15) is 4.98 Å². The molecule has 10 heteroatoms. The first kappa shape index (κ1) is 19.5. The fourth-order valence-electron chi connectivity index (χ4n) is 3.75. The van der Waals surface area contributed by atoms with Crippen molar-refractivity contribution in [3.05, 3.63) is 44.1 Å². The van der Waals surface area contributed by atoms with Crippen molar-refractivity contribution in [1.29, 1.82) is 0 Å². The van der Waals surface area contributed by atoms with Gasteiger partial charge in [0.2, 0.25) is 5.95 Å². The number of ether oxygens (including phenoxy) is 2. The lowest BCUT2D eigenvalue weighted by atomic mass is 10.2. The van der Waals surface area contributed by atoms with Crippen LogP contribution in [0.5, 0.6) is 5.75 Å². The van der Waals surface area contributed by atoms with Crippen LogP contribution in [-0.4, -0.2) is 46.1 Å². The Bertz CT molecular complexity index is 1200. The molecule has 0 N–H and O–H groups in total. The first-order valence-corrected chi connectivity index (χ1v) is 9.65. The number of aryl methyl sites for hydroxylation is 2. The molecule has 3 heterocycles. The first-order valence-electron chi connectivity index (χ1n) is 9.28. The quantitative estimate of drug-likeness (QED) is 0.626. The van der Waals surface area contributed by atoms with Crippen molar-refractivity contribution in [3.63, 3.8) is 0 Å². The first-order chi connectivity index (χ1) is 14.0. The summed E-state index contributed by atoms with van der Waals surface area (Å²) in [5.41, 5.74) is 0.752. The van der Waals surface area contributed by atoms with Gasteiger partial charge in [-0.3, -0.25) is 13.9 Å². The number of hydrogen-bond donors (Lipinski definition) is 0. The number of nitrogens with zero attached hydrogens (tertiary/aromatic N) is 5. The second-order valence-electron chi connectivity index (χ2n) is 6.85. The van der Waals surface area contributed by atoms with E-state index in [-0.39, 0.29) is 18.7 Å². The summed E-state index contributed by atoms with van der Waals surface area (Å²) in [6.45, 7) is 1.77. The Hall–Kier alpha value is -2.78. The third-order valence-corrected chi connectivity index (χ3v) is 5.40. The van der Waals surface area contributed by atoms with E-state index in [2.05, 4.69) is 4.98 Å². The number of methoxy groups -OCH3 is 2. The number of anilines is 2. The molecule has 0 amide bonds. The van der Waals surface area contributed by atoms with Gasteiger partial charge in [0.1, 0.15) is 5.75 Å². The highest BCUT2D eigenvalue weighted by molar-refractivity contribution is 6.31. The zero-order chi connectivity index (χ0) is 20.7. The molecule has 0 spiro atoms. The standard InChI is InChI=1S/C19H22ClN5O4/c1-22-16-15(17(26)25(19(22)27)9-10-28-2)24-8-4-7-23(18(24)21-16)13-11-12(20)5-6-14(13)29-3/h5-6,11H,4,7-10H2,1-3H3. The van der Waals surface area contributed by atoms with E-state index in [1.165, 1.54) is 16.2 Å². The minimum atomic E-state index is -0.415. The Kier molecular flexibility index (Phi) is 5.10. The minimum absolute atomic E-state index is 0.185. The average molecular weight is 420 g/mol. The average Bonchev–Trinajstić information content (AvgIpc) is 3.12. The SMILES string of the molecule is COCCn1c(=O)c2c(nc3n2CCCN3c2cc(Cl)ccc2OC)n(C)c1=O. The summed E-state index contributed by atoms with van der Waals surface area (Å²) in [5.74, 6) is 1.24. The molecular formula is C19H22ClN5O4. The third-order valence-electron chi connectivity index (χ3n) is 5.17. The largest absolute Gasteiger partial charge is 0.495 e. The molecule has 1 aliphatic rings. The second kappa shape index (κ2) is 7.57. The highest BCUT2D eigenvalue weighted by atomic mass is 35.5. The second-order valence-corrected chi connectivity index (χ2v) is 7.28. The number of imidazole rings is 1. The number of hydrogen-bond acceptors (Lipinski definition) is 6. The Labute approximate surface area is 171 Å². The van der Waals surface area contributed by atoms with E-state index < -0.39 is 5.69 Å². The number of benzene rings is 1. The van der Waals surface area contributed by atoms with E-state index >= 15 is 0 Å². The summed E-state index contributed by atoms with van der Waals surface area (Å²) in [6, 6.07) is 5.37. The van der Waals surface area contributed by atoms with Gasteiger partial charge in [0.25, 0.3) is 5.56 Å². The maximum Gasteiger partial charge on any atom is 0.332 e. The lowest BCUT2D eigenvalue weighted by molar-refractivity contribution is 0.184. The van der Waals surface area contributed by atoms with Crippen molar-refractivity contribution in [3.8, 4) is 5.75 Å². The van der Waals surface area contributed by atoms with Gasteiger partial charge < -0.3 is 18.9 Å². The van der Waals surface area contributed by atoms with Gasteiger partial charge in [0.05, 0.1) is 25.9 Å². The normalized spacial score (nSPS) is 13.7. The van der Waals surface area contributed by atoms with Crippen molar-refractivity contribution in [2.45, 2.75) is 19.5 Å². The molecule has 2 aromatic heterocycles. The molecule has 1 aliphatic heterocycles. The molecule has 0 fully saturated rings. The summed E-state index contributed by atoms with van der Waals surface area (Å²) in [4.78, 5) is 32.5. The van der Waals surface area contributed by atoms with Crippen molar-refractivity contribution < 1.29 is 9.47 Å². The Morgan fingerprint density at radius 3 is 2.72 bits per heavy atom. The number of rotatable bonds is 5. The number of aromatic nitrogens is 4. The van der Waals surface area contributed by atoms with Crippen molar-refractivity contribution in [2.24, 2.45) is 7.05 Å². The summed E-state index contributed by atoms with van der Waals surface area (Å²) in [5, 5.41) is 0.573. The Morgan fingerprint density at radius 1 is 1.21 bits per heavy atom. The van der Waals surface area contributed by atoms with Crippen LogP contribution in [0.15, 0.2) is 27.8 Å². The fourth-order valence-corrected chi connectivity index (χ4v) is 3.91. The van der Waals surface area contributed by atoms with Gasteiger partial charge >= 0.3 is 5.69 Å². The summed E-state index contributed by atoms with van der Waals surface area (Å²) in [6.07, 6.45) is 0.800. The molecule has 0 aliphatic carbocycles. The number of halogens is 1. The predicted octanol–water partition coefficient (Wildman–Crippen LogP) is 1.75. The molecule has 3 aromatic rings. The van der Waals surface area contributed by atoms with E-state index in [0.29, 0.717) is 41.0 Å². The predicted molar refractivity (Wildman–Crippen MR) is 111 cm³/mol.